The van der Waals surface area contributed by atoms with Crippen LogP contribution in [0.4, 0.5) is 14.6 Å². The van der Waals surface area contributed by atoms with Crippen molar-refractivity contribution in [2.45, 2.75) is 56.3 Å². The number of anilines is 1. The summed E-state index contributed by atoms with van der Waals surface area (Å²) in [6.45, 7) is 2.82. The van der Waals surface area contributed by atoms with E-state index in [0.29, 0.717) is 36.8 Å². The van der Waals surface area contributed by atoms with E-state index in [-0.39, 0.29) is 34.7 Å². The molecule has 0 radical (unpaired) electrons. The topological polar surface area (TPSA) is 63.6 Å². The van der Waals surface area contributed by atoms with Crippen molar-refractivity contribution in [1.82, 2.24) is 19.9 Å². The molecule has 0 unspecified atom stereocenters. The van der Waals surface area contributed by atoms with Crippen molar-refractivity contribution in [3.63, 3.8) is 0 Å². The number of alkyl halides is 1. The van der Waals surface area contributed by atoms with Crippen LogP contribution in [0.5, 0.6) is 11.9 Å². The number of hydrogen-bond acceptors (Lipinski definition) is 7. The normalized spacial score (nSPS) is 28.4. The Kier molecular flexibility index (Phi) is 4.61. The molecule has 2 atom stereocenters. The quantitative estimate of drug-likeness (QED) is 0.659. The third-order valence-corrected chi connectivity index (χ3v) is 7.20. The zero-order valence-electron chi connectivity index (χ0n) is 17.1. The summed E-state index contributed by atoms with van der Waals surface area (Å²) in [6.07, 6.45) is 4.43. The molecule has 1 saturated carbocycles. The zero-order valence-corrected chi connectivity index (χ0v) is 17.9. The largest absolute Gasteiger partial charge is 0.477 e. The first kappa shape index (κ1) is 19.7. The second-order valence-electron chi connectivity index (χ2n) is 9.07. The molecule has 0 N–H and O–H groups in total. The van der Waals surface area contributed by atoms with Crippen LogP contribution in [0.25, 0.3) is 10.9 Å². The number of nitrogens with zero attached hydrogens (tertiary/aromatic N) is 5. The van der Waals surface area contributed by atoms with Crippen LogP contribution in [0.1, 0.15) is 38.5 Å². The molecular weight excluding hydrogens is 428 g/mol. The average Bonchev–Trinajstić information content (AvgIpc) is 3.42. The third kappa shape index (κ3) is 3.28. The van der Waals surface area contributed by atoms with Crippen LogP contribution in [-0.2, 0) is 0 Å². The number of fused-ring (bicyclic) bond motifs is 1. The molecule has 0 bridgehead atoms. The lowest BCUT2D eigenvalue weighted by molar-refractivity contribution is 0.107. The molecule has 0 spiro atoms. The minimum atomic E-state index is -0.845. The fourth-order valence-electron chi connectivity index (χ4n) is 5.35. The molecule has 1 aliphatic carbocycles. The molecule has 5 heterocycles. The second kappa shape index (κ2) is 7.27. The first-order valence-electron chi connectivity index (χ1n) is 11.0. The number of pyridine rings is 1. The van der Waals surface area contributed by atoms with E-state index >= 15 is 4.39 Å². The Labute approximate surface area is 183 Å². The highest BCUT2D eigenvalue weighted by atomic mass is 35.5. The molecule has 3 fully saturated rings. The number of rotatable bonds is 4. The van der Waals surface area contributed by atoms with Gasteiger partial charge in [-0.25, -0.2) is 8.78 Å². The Morgan fingerprint density at radius 3 is 2.90 bits per heavy atom. The molecule has 31 heavy (non-hydrogen) atoms. The molecule has 6 rings (SSSR count). The van der Waals surface area contributed by atoms with Gasteiger partial charge in [0.15, 0.2) is 11.0 Å². The Balaban J connectivity index is 1.42. The highest BCUT2D eigenvalue weighted by Gasteiger charge is 2.49. The van der Waals surface area contributed by atoms with Gasteiger partial charge in [-0.1, -0.05) is 11.6 Å². The summed E-state index contributed by atoms with van der Waals surface area (Å²) < 4.78 is 40.9. The molecule has 3 aliphatic heterocycles. The van der Waals surface area contributed by atoms with Gasteiger partial charge >= 0.3 is 6.01 Å². The van der Waals surface area contributed by atoms with Gasteiger partial charge < -0.3 is 14.4 Å². The molecule has 2 saturated heterocycles. The first-order chi connectivity index (χ1) is 15.0. The molecule has 0 aromatic carbocycles. The number of aromatic nitrogens is 3. The van der Waals surface area contributed by atoms with E-state index in [9.17, 15) is 4.39 Å². The van der Waals surface area contributed by atoms with Gasteiger partial charge in [0, 0.05) is 25.6 Å². The van der Waals surface area contributed by atoms with Gasteiger partial charge in [-0.2, -0.15) is 15.0 Å². The molecule has 4 aliphatic rings. The fraction of sp³-hybridized carbons (Fsp3) is 0.667. The van der Waals surface area contributed by atoms with E-state index in [2.05, 4.69) is 24.8 Å². The summed E-state index contributed by atoms with van der Waals surface area (Å²) >= 11 is 6.05. The maximum absolute atomic E-state index is 15.0. The summed E-state index contributed by atoms with van der Waals surface area (Å²) in [5.74, 6) is 0.125. The standard InChI is InChI=1S/C21H24ClF2N5O2/c22-17-15(24)16-14-18(29(13-3-4-13)7-2-8-30-19(14)26-17)27-20(25-16)31-11-21-5-1-6-28(21)10-12(23)9-21/h12-13H,1-11H2/t12-,21+/m1/s1. The van der Waals surface area contributed by atoms with Gasteiger partial charge in [-0.3, -0.25) is 4.90 Å². The van der Waals surface area contributed by atoms with Gasteiger partial charge in [0.2, 0.25) is 5.88 Å². The highest BCUT2D eigenvalue weighted by Crippen LogP contribution is 2.43. The lowest BCUT2D eigenvalue weighted by Crippen LogP contribution is -2.43. The number of hydrogen-bond donors (Lipinski definition) is 0. The SMILES string of the molecule is Fc1c(Cl)nc2c3c(nc(OC[C@@]45CCCN4C[C@H](F)C5)nc13)N(C1CC1)CCCO2. The van der Waals surface area contributed by atoms with Gasteiger partial charge in [-0.05, 0) is 38.6 Å². The van der Waals surface area contributed by atoms with Crippen molar-refractivity contribution in [3.8, 4) is 11.9 Å². The molecular formula is C21H24ClF2N5O2. The van der Waals surface area contributed by atoms with Gasteiger partial charge in [0.05, 0.1) is 12.1 Å². The van der Waals surface area contributed by atoms with E-state index in [1.165, 1.54) is 0 Å². The van der Waals surface area contributed by atoms with Gasteiger partial charge in [0.25, 0.3) is 0 Å². The maximum atomic E-state index is 15.0. The molecule has 2 aromatic heterocycles. The fourth-order valence-corrected chi connectivity index (χ4v) is 5.52. The monoisotopic (exact) mass is 451 g/mol. The van der Waals surface area contributed by atoms with Crippen molar-refractivity contribution in [2.24, 2.45) is 0 Å². The van der Waals surface area contributed by atoms with Crippen molar-refractivity contribution < 1.29 is 18.3 Å². The summed E-state index contributed by atoms with van der Waals surface area (Å²) in [5.41, 5.74) is -0.277. The van der Waals surface area contributed by atoms with E-state index in [1.807, 2.05) is 0 Å². The Bertz CT molecular complexity index is 1040. The van der Waals surface area contributed by atoms with Crippen LogP contribution >= 0.6 is 11.6 Å². The van der Waals surface area contributed by atoms with Crippen LogP contribution in [0.2, 0.25) is 5.15 Å². The van der Waals surface area contributed by atoms with Crippen molar-refractivity contribution >= 4 is 28.3 Å². The summed E-state index contributed by atoms with van der Waals surface area (Å²) in [6, 6.07) is 0.450. The first-order valence-corrected chi connectivity index (χ1v) is 11.4. The molecule has 2 aromatic rings. The van der Waals surface area contributed by atoms with Crippen molar-refractivity contribution in [2.75, 3.05) is 37.7 Å². The van der Waals surface area contributed by atoms with E-state index in [4.69, 9.17) is 21.1 Å². The summed E-state index contributed by atoms with van der Waals surface area (Å²) in [4.78, 5) is 17.5. The Morgan fingerprint density at radius 1 is 1.19 bits per heavy atom. The van der Waals surface area contributed by atoms with Gasteiger partial charge in [0.1, 0.15) is 29.5 Å². The third-order valence-electron chi connectivity index (χ3n) is 6.94. The van der Waals surface area contributed by atoms with Gasteiger partial charge in [-0.15, -0.1) is 0 Å². The van der Waals surface area contributed by atoms with Crippen molar-refractivity contribution in [1.29, 1.82) is 0 Å². The zero-order chi connectivity index (χ0) is 21.2. The average molecular weight is 452 g/mol. The van der Waals surface area contributed by atoms with Crippen LogP contribution in [0.3, 0.4) is 0 Å². The highest BCUT2D eigenvalue weighted by molar-refractivity contribution is 6.30. The molecule has 10 heteroatoms. The summed E-state index contributed by atoms with van der Waals surface area (Å²) in [7, 11) is 0. The Morgan fingerprint density at radius 2 is 2.06 bits per heavy atom. The smallest absolute Gasteiger partial charge is 0.319 e. The number of halogens is 3. The van der Waals surface area contributed by atoms with E-state index < -0.39 is 12.0 Å². The minimum absolute atomic E-state index is 0.0538. The predicted molar refractivity (Wildman–Crippen MR) is 111 cm³/mol. The van der Waals surface area contributed by atoms with Crippen LogP contribution < -0.4 is 14.4 Å². The van der Waals surface area contributed by atoms with E-state index in [1.54, 1.807) is 0 Å². The summed E-state index contributed by atoms with van der Waals surface area (Å²) in [5, 5.41) is 0.152. The van der Waals surface area contributed by atoms with Crippen LogP contribution in [-0.4, -0.2) is 70.5 Å². The van der Waals surface area contributed by atoms with Crippen LogP contribution in [0.15, 0.2) is 0 Å². The number of ether oxygens (including phenoxy) is 2. The maximum Gasteiger partial charge on any atom is 0.319 e. The van der Waals surface area contributed by atoms with E-state index in [0.717, 1.165) is 45.2 Å². The lowest BCUT2D eigenvalue weighted by Gasteiger charge is -2.31. The van der Waals surface area contributed by atoms with Crippen molar-refractivity contribution in [3.05, 3.63) is 11.0 Å². The molecule has 166 valence electrons. The molecule has 7 nitrogen and oxygen atoms in total. The molecule has 0 amide bonds. The Hall–Kier alpha value is -2.00. The second-order valence-corrected chi connectivity index (χ2v) is 9.42. The van der Waals surface area contributed by atoms with Crippen LogP contribution in [0, 0.1) is 5.82 Å². The lowest BCUT2D eigenvalue weighted by atomic mass is 9.95. The minimum Gasteiger partial charge on any atom is -0.477 e. The predicted octanol–water partition coefficient (Wildman–Crippen LogP) is 3.52.